The molecular weight excluding hydrogens is 182 g/mol. The Morgan fingerprint density at radius 3 is 3.21 bits per heavy atom. The third kappa shape index (κ3) is 1.37. The highest BCUT2D eigenvalue weighted by molar-refractivity contribution is 5.89. The van der Waals surface area contributed by atoms with Crippen molar-refractivity contribution in [3.8, 4) is 0 Å². The minimum Gasteiger partial charge on any atom is -0.465 e. The summed E-state index contributed by atoms with van der Waals surface area (Å²) in [5.74, 6) is -0.362. The fourth-order valence-electron chi connectivity index (χ4n) is 1.51. The van der Waals surface area contributed by atoms with Crippen LogP contribution in [0.4, 0.5) is 0 Å². The molecule has 0 aromatic carbocycles. The summed E-state index contributed by atoms with van der Waals surface area (Å²) in [6.45, 7) is 2.46. The Labute approximate surface area is 81.9 Å². The number of hydrogen-bond donors (Lipinski definition) is 0. The Balaban J connectivity index is 2.39. The first-order valence-electron chi connectivity index (χ1n) is 4.41. The molecule has 1 aliphatic rings. The first-order valence-corrected chi connectivity index (χ1v) is 4.41. The Morgan fingerprint density at radius 1 is 1.71 bits per heavy atom. The van der Waals surface area contributed by atoms with Crippen LogP contribution in [-0.2, 0) is 16.1 Å². The van der Waals surface area contributed by atoms with Gasteiger partial charge in [-0.3, -0.25) is 4.98 Å². The summed E-state index contributed by atoms with van der Waals surface area (Å²) in [6.07, 6.45) is 1.54. The van der Waals surface area contributed by atoms with Gasteiger partial charge in [0.25, 0.3) is 0 Å². The van der Waals surface area contributed by atoms with Crippen LogP contribution in [0.3, 0.4) is 0 Å². The van der Waals surface area contributed by atoms with Crippen molar-refractivity contribution in [3.63, 3.8) is 0 Å². The van der Waals surface area contributed by atoms with Gasteiger partial charge >= 0.3 is 5.97 Å². The second-order valence-electron chi connectivity index (χ2n) is 3.20. The van der Waals surface area contributed by atoms with Gasteiger partial charge in [-0.15, -0.1) is 0 Å². The number of carbonyl (C=O) groups excluding carboxylic acids is 1. The maximum absolute atomic E-state index is 11.2. The van der Waals surface area contributed by atoms with E-state index in [9.17, 15) is 4.79 Å². The molecule has 0 amide bonds. The Kier molecular flexibility index (Phi) is 2.21. The quantitative estimate of drug-likeness (QED) is 0.633. The second-order valence-corrected chi connectivity index (χ2v) is 3.20. The van der Waals surface area contributed by atoms with E-state index in [1.54, 1.807) is 6.07 Å². The summed E-state index contributed by atoms with van der Waals surface area (Å²) in [7, 11) is 1.36. The largest absolute Gasteiger partial charge is 0.465 e. The molecule has 0 aliphatic carbocycles. The molecule has 0 radical (unpaired) electrons. The van der Waals surface area contributed by atoms with Crippen LogP contribution in [0.2, 0.25) is 0 Å². The third-order valence-corrected chi connectivity index (χ3v) is 2.33. The van der Waals surface area contributed by atoms with Crippen LogP contribution in [0.15, 0.2) is 12.3 Å². The van der Waals surface area contributed by atoms with Gasteiger partial charge in [-0.1, -0.05) is 0 Å². The van der Waals surface area contributed by atoms with Gasteiger partial charge in [0.1, 0.15) is 0 Å². The molecule has 0 spiro atoms. The van der Waals surface area contributed by atoms with Gasteiger partial charge in [-0.25, -0.2) is 4.79 Å². The average Bonchev–Trinajstić information content (AvgIpc) is 2.59. The van der Waals surface area contributed by atoms with E-state index in [2.05, 4.69) is 9.72 Å². The number of hydrogen-bond acceptors (Lipinski definition) is 4. The second kappa shape index (κ2) is 3.38. The Bertz CT molecular complexity index is 376. The van der Waals surface area contributed by atoms with E-state index >= 15 is 0 Å². The van der Waals surface area contributed by atoms with E-state index < -0.39 is 0 Å². The van der Waals surface area contributed by atoms with Crippen LogP contribution in [0.25, 0.3) is 0 Å². The van der Waals surface area contributed by atoms with Crippen molar-refractivity contribution >= 4 is 5.97 Å². The fraction of sp³-hybridized carbons (Fsp3) is 0.400. The summed E-state index contributed by atoms with van der Waals surface area (Å²) in [4.78, 5) is 15.4. The SMILES string of the molecule is COC(=O)c1cnc2c(c1)C(C)OC2. The first kappa shape index (κ1) is 9.15. The zero-order chi connectivity index (χ0) is 10.1. The van der Waals surface area contributed by atoms with E-state index in [1.807, 2.05) is 6.92 Å². The van der Waals surface area contributed by atoms with Gasteiger partial charge in [0.05, 0.1) is 31.1 Å². The summed E-state index contributed by atoms with van der Waals surface area (Å²) >= 11 is 0. The highest BCUT2D eigenvalue weighted by Crippen LogP contribution is 2.28. The first-order chi connectivity index (χ1) is 6.72. The van der Waals surface area contributed by atoms with Gasteiger partial charge in [0, 0.05) is 11.8 Å². The number of nitrogens with zero attached hydrogens (tertiary/aromatic N) is 1. The van der Waals surface area contributed by atoms with Crippen LogP contribution in [-0.4, -0.2) is 18.1 Å². The smallest absolute Gasteiger partial charge is 0.339 e. The zero-order valence-electron chi connectivity index (χ0n) is 8.11. The molecule has 0 saturated carbocycles. The molecule has 1 atom stereocenters. The molecule has 4 nitrogen and oxygen atoms in total. The van der Waals surface area contributed by atoms with E-state index in [4.69, 9.17) is 4.74 Å². The standard InChI is InChI=1S/C10H11NO3/c1-6-8-3-7(10(12)13-2)4-11-9(8)5-14-6/h3-4,6H,5H2,1-2H3. The van der Waals surface area contributed by atoms with Crippen LogP contribution in [0, 0.1) is 0 Å². The highest BCUT2D eigenvalue weighted by atomic mass is 16.5. The minimum absolute atomic E-state index is 0.0158. The molecule has 1 unspecified atom stereocenters. The van der Waals surface area contributed by atoms with Crippen molar-refractivity contribution < 1.29 is 14.3 Å². The summed E-state index contributed by atoms with van der Waals surface area (Å²) < 4.78 is 9.99. The summed E-state index contributed by atoms with van der Waals surface area (Å²) in [5, 5.41) is 0. The molecule has 1 aromatic rings. The zero-order valence-corrected chi connectivity index (χ0v) is 8.11. The summed E-state index contributed by atoms with van der Waals surface area (Å²) in [6, 6.07) is 1.78. The summed E-state index contributed by atoms with van der Waals surface area (Å²) in [5.41, 5.74) is 2.36. The van der Waals surface area contributed by atoms with Crippen molar-refractivity contribution in [2.75, 3.05) is 7.11 Å². The van der Waals surface area contributed by atoms with Crippen LogP contribution in [0.1, 0.15) is 34.6 Å². The van der Waals surface area contributed by atoms with Crippen molar-refractivity contribution in [1.29, 1.82) is 0 Å². The number of pyridine rings is 1. The van der Waals surface area contributed by atoms with Crippen LogP contribution in [0.5, 0.6) is 0 Å². The van der Waals surface area contributed by atoms with Gasteiger partial charge in [0.15, 0.2) is 0 Å². The normalized spacial score (nSPS) is 19.1. The molecule has 1 aromatic heterocycles. The average molecular weight is 193 g/mol. The number of rotatable bonds is 1. The van der Waals surface area contributed by atoms with Crippen LogP contribution >= 0.6 is 0 Å². The topological polar surface area (TPSA) is 48.4 Å². The fourth-order valence-corrected chi connectivity index (χ4v) is 1.51. The Morgan fingerprint density at radius 2 is 2.50 bits per heavy atom. The number of esters is 1. The molecule has 0 saturated heterocycles. The molecule has 4 heteroatoms. The van der Waals surface area contributed by atoms with E-state index in [0.717, 1.165) is 11.3 Å². The maximum atomic E-state index is 11.2. The van der Waals surface area contributed by atoms with E-state index in [1.165, 1.54) is 13.3 Å². The third-order valence-electron chi connectivity index (χ3n) is 2.33. The molecule has 1 aliphatic heterocycles. The lowest BCUT2D eigenvalue weighted by Crippen LogP contribution is -2.04. The van der Waals surface area contributed by atoms with Crippen molar-refractivity contribution in [2.24, 2.45) is 0 Å². The lowest BCUT2D eigenvalue weighted by molar-refractivity contribution is 0.0600. The van der Waals surface area contributed by atoms with Gasteiger partial charge in [-0.05, 0) is 13.0 Å². The molecule has 0 N–H and O–H groups in total. The predicted molar refractivity (Wildman–Crippen MR) is 48.8 cm³/mol. The molecule has 0 bridgehead atoms. The molecule has 0 fully saturated rings. The number of methoxy groups -OCH3 is 1. The predicted octanol–water partition coefficient (Wildman–Crippen LogP) is 1.46. The van der Waals surface area contributed by atoms with Gasteiger partial charge < -0.3 is 9.47 Å². The molecule has 14 heavy (non-hydrogen) atoms. The molecule has 2 rings (SSSR count). The molecular formula is C10H11NO3. The minimum atomic E-state index is -0.362. The Hall–Kier alpha value is -1.42. The molecule has 2 heterocycles. The monoisotopic (exact) mass is 193 g/mol. The van der Waals surface area contributed by atoms with Crippen LogP contribution < -0.4 is 0 Å². The lowest BCUT2D eigenvalue weighted by atomic mass is 10.1. The number of aromatic nitrogens is 1. The number of ether oxygens (including phenoxy) is 2. The van der Waals surface area contributed by atoms with E-state index in [-0.39, 0.29) is 12.1 Å². The lowest BCUT2D eigenvalue weighted by Gasteiger charge is -2.04. The maximum Gasteiger partial charge on any atom is 0.339 e. The highest BCUT2D eigenvalue weighted by Gasteiger charge is 2.22. The van der Waals surface area contributed by atoms with Crippen molar-refractivity contribution in [2.45, 2.75) is 19.6 Å². The number of fused-ring (bicyclic) bond motifs is 1. The molecule has 74 valence electrons. The van der Waals surface area contributed by atoms with Gasteiger partial charge in [0.2, 0.25) is 0 Å². The van der Waals surface area contributed by atoms with Crippen molar-refractivity contribution in [3.05, 3.63) is 29.1 Å². The number of carbonyl (C=O) groups is 1. The van der Waals surface area contributed by atoms with E-state index in [0.29, 0.717) is 12.2 Å². The van der Waals surface area contributed by atoms with Crippen molar-refractivity contribution in [1.82, 2.24) is 4.98 Å². The van der Waals surface area contributed by atoms with Gasteiger partial charge in [-0.2, -0.15) is 0 Å².